The van der Waals surface area contributed by atoms with E-state index in [1.54, 1.807) is 6.26 Å². The minimum absolute atomic E-state index is 0.230. The summed E-state index contributed by atoms with van der Waals surface area (Å²) < 4.78 is 5.70. The first-order valence-electron chi connectivity index (χ1n) is 9.12. The lowest BCUT2D eigenvalue weighted by atomic mass is 9.92. The van der Waals surface area contributed by atoms with Crippen LogP contribution in [0.1, 0.15) is 26.7 Å². The molecule has 2 aliphatic heterocycles. The maximum Gasteiger partial charge on any atom is 0.237 e. The second-order valence-electron chi connectivity index (χ2n) is 7.42. The van der Waals surface area contributed by atoms with Crippen LogP contribution in [-0.2, 0) is 9.53 Å². The summed E-state index contributed by atoms with van der Waals surface area (Å²) in [5.74, 6) is 0.224. The van der Waals surface area contributed by atoms with Crippen LogP contribution in [0, 0.1) is 5.92 Å². The Labute approximate surface area is 158 Å². The minimum Gasteiger partial charge on any atom is -0.391 e. The lowest BCUT2D eigenvalue weighted by molar-refractivity contribution is -0.211. The number of nitrogens with zero attached hydrogens (tertiary/aromatic N) is 1. The fourth-order valence-corrected chi connectivity index (χ4v) is 4.49. The number of thioether (sulfide) groups is 1. The molecule has 8 nitrogen and oxygen atoms in total. The molecule has 0 aromatic heterocycles. The topological polar surface area (TPSA) is 122 Å². The molecule has 5 N–H and O–H groups in total. The second kappa shape index (κ2) is 9.18. The van der Waals surface area contributed by atoms with Gasteiger partial charge in [0.15, 0.2) is 0 Å². The van der Waals surface area contributed by atoms with Gasteiger partial charge in [-0.25, -0.2) is 0 Å². The Hall–Kier alpha value is -0.420. The molecular formula is C17H32N2O6S. The van der Waals surface area contributed by atoms with Crippen LogP contribution in [0.4, 0.5) is 0 Å². The van der Waals surface area contributed by atoms with Crippen LogP contribution in [0.2, 0.25) is 0 Å². The summed E-state index contributed by atoms with van der Waals surface area (Å²) in [4.78, 5) is 14.8. The quantitative estimate of drug-likeness (QED) is 0.380. The van der Waals surface area contributed by atoms with Crippen molar-refractivity contribution >= 4 is 17.7 Å². The molecule has 0 spiro atoms. The van der Waals surface area contributed by atoms with Crippen molar-refractivity contribution in [3.05, 3.63) is 0 Å². The number of ether oxygens (including phenoxy) is 1. The van der Waals surface area contributed by atoms with E-state index in [1.807, 2.05) is 11.9 Å². The van der Waals surface area contributed by atoms with Gasteiger partial charge < -0.3 is 30.5 Å². The van der Waals surface area contributed by atoms with Crippen molar-refractivity contribution in [1.82, 2.24) is 10.2 Å². The molecule has 26 heavy (non-hydrogen) atoms. The summed E-state index contributed by atoms with van der Waals surface area (Å²) in [6, 6.07) is -1.20. The molecule has 0 aliphatic carbocycles. The molecule has 0 saturated carbocycles. The Kier molecular flexibility index (Phi) is 7.73. The van der Waals surface area contributed by atoms with Gasteiger partial charge in [0.25, 0.3) is 0 Å². The largest absolute Gasteiger partial charge is 0.391 e. The molecule has 2 saturated heterocycles. The number of nitrogens with one attached hydrogen (secondary N) is 1. The summed E-state index contributed by atoms with van der Waals surface area (Å²) in [7, 11) is 1.90. The molecule has 2 heterocycles. The molecule has 0 unspecified atom stereocenters. The first kappa shape index (κ1) is 21.9. The van der Waals surface area contributed by atoms with Crippen molar-refractivity contribution in [3.8, 4) is 0 Å². The normalized spacial score (nSPS) is 41.0. The Morgan fingerprint density at radius 2 is 1.96 bits per heavy atom. The summed E-state index contributed by atoms with van der Waals surface area (Å²) in [5.41, 5.74) is -0.754. The number of carbonyl (C=O) groups is 1. The lowest BCUT2D eigenvalue weighted by Crippen LogP contribution is -2.65. The zero-order valence-corrected chi connectivity index (χ0v) is 16.6. The van der Waals surface area contributed by atoms with Crippen molar-refractivity contribution in [1.29, 1.82) is 0 Å². The second-order valence-corrected chi connectivity index (χ2v) is 8.35. The van der Waals surface area contributed by atoms with Gasteiger partial charge in [-0.15, -0.1) is 11.8 Å². The number of hydrogen-bond acceptors (Lipinski definition) is 8. The van der Waals surface area contributed by atoms with Crippen molar-refractivity contribution < 1.29 is 30.0 Å². The van der Waals surface area contributed by atoms with Crippen LogP contribution in [0.15, 0.2) is 0 Å². The lowest BCUT2D eigenvalue weighted by Gasteiger charge is -2.44. The Morgan fingerprint density at radius 3 is 2.46 bits per heavy atom. The molecule has 152 valence electrons. The van der Waals surface area contributed by atoms with E-state index in [0.717, 1.165) is 19.4 Å². The molecule has 1 amide bonds. The number of aliphatic hydroxyl groups excluding tert-OH is 4. The number of hydrogen-bond donors (Lipinski definition) is 5. The molecule has 9 atom stereocenters. The number of aliphatic hydroxyl groups is 4. The van der Waals surface area contributed by atoms with E-state index >= 15 is 0 Å². The van der Waals surface area contributed by atoms with E-state index in [2.05, 4.69) is 12.2 Å². The van der Waals surface area contributed by atoms with Gasteiger partial charge in [0.1, 0.15) is 29.9 Å². The van der Waals surface area contributed by atoms with E-state index in [-0.39, 0.29) is 11.9 Å². The number of amides is 1. The van der Waals surface area contributed by atoms with Gasteiger partial charge in [0, 0.05) is 6.54 Å². The average Bonchev–Trinajstić information content (AvgIpc) is 2.99. The third-order valence-electron chi connectivity index (χ3n) is 5.54. The van der Waals surface area contributed by atoms with Gasteiger partial charge in [0.05, 0.1) is 18.2 Å². The van der Waals surface area contributed by atoms with E-state index < -0.39 is 42.0 Å². The van der Waals surface area contributed by atoms with Crippen LogP contribution < -0.4 is 5.32 Å². The molecule has 2 aliphatic rings. The number of likely N-dealkylation sites (N-methyl/N-ethyl adjacent to an activating group) is 1. The predicted octanol–water partition coefficient (Wildman–Crippen LogP) is -1.25. The predicted molar refractivity (Wildman–Crippen MR) is 98.6 cm³/mol. The molecule has 0 bridgehead atoms. The monoisotopic (exact) mass is 392 g/mol. The van der Waals surface area contributed by atoms with Crippen molar-refractivity contribution in [2.45, 2.75) is 74.7 Å². The smallest absolute Gasteiger partial charge is 0.237 e. The van der Waals surface area contributed by atoms with Crippen LogP contribution in [-0.4, -0.2) is 99.1 Å². The molecule has 0 aromatic rings. The number of carbonyl (C=O) groups excluding carboxylic acids is 1. The molecule has 2 fully saturated rings. The Morgan fingerprint density at radius 1 is 1.31 bits per heavy atom. The van der Waals surface area contributed by atoms with Crippen LogP contribution in [0.5, 0.6) is 0 Å². The fourth-order valence-electron chi connectivity index (χ4n) is 3.81. The van der Waals surface area contributed by atoms with E-state index in [9.17, 15) is 25.2 Å². The highest BCUT2D eigenvalue weighted by atomic mass is 32.2. The first-order chi connectivity index (χ1) is 12.2. The molecular weight excluding hydrogens is 360 g/mol. The first-order valence-corrected chi connectivity index (χ1v) is 10.4. The van der Waals surface area contributed by atoms with E-state index in [4.69, 9.17) is 4.74 Å². The number of rotatable bonds is 6. The van der Waals surface area contributed by atoms with Crippen LogP contribution in [0.25, 0.3) is 0 Å². The van der Waals surface area contributed by atoms with Crippen molar-refractivity contribution in [2.24, 2.45) is 5.92 Å². The fraction of sp³-hybridized carbons (Fsp3) is 0.941. The van der Waals surface area contributed by atoms with Crippen LogP contribution in [0.3, 0.4) is 0 Å². The third kappa shape index (κ3) is 4.52. The maximum absolute atomic E-state index is 12.8. The van der Waals surface area contributed by atoms with Crippen molar-refractivity contribution in [2.75, 3.05) is 19.8 Å². The van der Waals surface area contributed by atoms with Crippen LogP contribution >= 0.6 is 11.8 Å². The van der Waals surface area contributed by atoms with Gasteiger partial charge in [-0.05, 0) is 32.6 Å². The number of likely N-dealkylation sites (tertiary alicyclic amines) is 1. The summed E-state index contributed by atoms with van der Waals surface area (Å²) >= 11 is 1.19. The standard InChI is InChI=1S/C17H32N2O6S/c1-5-9-6-10(19(3)7-9)16(24)18-11(8(2)20)15-13(22)12(21)14(23)17(25-15)26-4/h8-15,17,20-23H,5-7H2,1-4H3,(H,18,24)/t8-,9-,10-,11-,12-,13-,14+,15-,17-/m1/s1. The van der Waals surface area contributed by atoms with E-state index in [1.165, 1.54) is 18.7 Å². The molecule has 2 rings (SSSR count). The Bertz CT molecular complexity index is 480. The van der Waals surface area contributed by atoms with Gasteiger partial charge in [-0.2, -0.15) is 0 Å². The average molecular weight is 393 g/mol. The Balaban J connectivity index is 2.11. The van der Waals surface area contributed by atoms with E-state index in [0.29, 0.717) is 5.92 Å². The highest BCUT2D eigenvalue weighted by molar-refractivity contribution is 7.99. The summed E-state index contributed by atoms with van der Waals surface area (Å²) in [5, 5.41) is 43.4. The van der Waals surface area contributed by atoms with Gasteiger partial charge >= 0.3 is 0 Å². The zero-order chi connectivity index (χ0) is 19.6. The molecule has 9 heteroatoms. The molecule has 0 aromatic carbocycles. The van der Waals surface area contributed by atoms with Gasteiger partial charge in [0.2, 0.25) is 5.91 Å². The summed E-state index contributed by atoms with van der Waals surface area (Å²) in [6.07, 6.45) is -2.65. The highest BCUT2D eigenvalue weighted by Crippen LogP contribution is 2.30. The highest BCUT2D eigenvalue weighted by Gasteiger charge is 2.48. The SMILES string of the molecule is CC[C@@H]1C[C@H](C(=O)N[C@@H]([C@H]2O[C@H](SC)[C@@H](O)[C@H](O)[C@H]2O)[C@@H](C)O)N(C)C1. The van der Waals surface area contributed by atoms with Gasteiger partial charge in [-0.3, -0.25) is 9.69 Å². The summed E-state index contributed by atoms with van der Waals surface area (Å²) in [6.45, 7) is 4.44. The molecule has 0 radical (unpaired) electrons. The minimum atomic E-state index is -1.42. The van der Waals surface area contributed by atoms with Crippen molar-refractivity contribution in [3.63, 3.8) is 0 Å². The zero-order valence-electron chi connectivity index (χ0n) is 15.8. The third-order valence-corrected chi connectivity index (χ3v) is 6.39. The van der Waals surface area contributed by atoms with Gasteiger partial charge in [-0.1, -0.05) is 13.3 Å². The maximum atomic E-state index is 12.8.